The van der Waals surface area contributed by atoms with Crippen molar-refractivity contribution >= 4 is 23.2 Å². The van der Waals surface area contributed by atoms with Gasteiger partial charge in [-0.15, -0.1) is 0 Å². The van der Waals surface area contributed by atoms with E-state index >= 15 is 0 Å². The van der Waals surface area contributed by atoms with E-state index in [9.17, 15) is 10.2 Å². The first-order valence-corrected chi connectivity index (χ1v) is 6.76. The van der Waals surface area contributed by atoms with Crippen molar-refractivity contribution in [2.45, 2.75) is 18.9 Å². The maximum atomic E-state index is 10.0. The first-order chi connectivity index (χ1) is 8.56. The van der Waals surface area contributed by atoms with E-state index in [1.807, 2.05) is 0 Å². The van der Waals surface area contributed by atoms with Crippen LogP contribution >= 0.6 is 23.2 Å². The van der Waals surface area contributed by atoms with Gasteiger partial charge in [-0.2, -0.15) is 0 Å². The third-order valence-corrected chi connectivity index (χ3v) is 4.03. The average molecular weight is 290 g/mol. The minimum Gasteiger partial charge on any atom is -0.396 e. The quantitative estimate of drug-likeness (QED) is 0.754. The standard InChI is InChI=1S/C13H17Cl2NO2/c14-9-1-2-11(15)10(5-9)12(18)6-16-7-13(8-17)3-4-13/h1-2,5,12,16-18H,3-4,6-8H2. The summed E-state index contributed by atoms with van der Waals surface area (Å²) in [5.74, 6) is 0. The summed E-state index contributed by atoms with van der Waals surface area (Å²) in [7, 11) is 0. The summed E-state index contributed by atoms with van der Waals surface area (Å²) in [4.78, 5) is 0. The lowest BCUT2D eigenvalue weighted by Gasteiger charge is -2.17. The predicted molar refractivity (Wildman–Crippen MR) is 73.0 cm³/mol. The van der Waals surface area contributed by atoms with Crippen LogP contribution in [-0.2, 0) is 0 Å². The molecule has 2 rings (SSSR count). The first kappa shape index (κ1) is 14.1. The smallest absolute Gasteiger partial charge is 0.0929 e. The van der Waals surface area contributed by atoms with Crippen LogP contribution in [-0.4, -0.2) is 29.9 Å². The van der Waals surface area contributed by atoms with Crippen LogP contribution < -0.4 is 5.32 Å². The van der Waals surface area contributed by atoms with Gasteiger partial charge in [0.15, 0.2) is 0 Å². The molecule has 0 spiro atoms. The fraction of sp³-hybridized carbons (Fsp3) is 0.538. The number of nitrogens with one attached hydrogen (secondary N) is 1. The molecule has 1 atom stereocenters. The van der Waals surface area contributed by atoms with Crippen molar-refractivity contribution in [2.24, 2.45) is 5.41 Å². The third-order valence-electron chi connectivity index (χ3n) is 3.45. The molecule has 0 radical (unpaired) electrons. The number of benzene rings is 1. The molecule has 1 saturated carbocycles. The molecule has 5 heteroatoms. The van der Waals surface area contributed by atoms with Crippen LogP contribution in [0.1, 0.15) is 24.5 Å². The molecule has 0 aromatic heterocycles. The Labute approximate surface area is 117 Å². The highest BCUT2D eigenvalue weighted by Crippen LogP contribution is 2.44. The lowest BCUT2D eigenvalue weighted by molar-refractivity contribution is 0.162. The van der Waals surface area contributed by atoms with Gasteiger partial charge in [0.1, 0.15) is 0 Å². The summed E-state index contributed by atoms with van der Waals surface area (Å²) in [5.41, 5.74) is 0.670. The first-order valence-electron chi connectivity index (χ1n) is 6.01. The topological polar surface area (TPSA) is 52.5 Å². The largest absolute Gasteiger partial charge is 0.396 e. The zero-order chi connectivity index (χ0) is 13.2. The van der Waals surface area contributed by atoms with Crippen molar-refractivity contribution in [3.8, 4) is 0 Å². The van der Waals surface area contributed by atoms with Gasteiger partial charge in [-0.25, -0.2) is 0 Å². The van der Waals surface area contributed by atoms with Gasteiger partial charge in [-0.3, -0.25) is 0 Å². The minimum atomic E-state index is -0.689. The molecule has 100 valence electrons. The van der Waals surface area contributed by atoms with E-state index in [0.29, 0.717) is 22.2 Å². The Kier molecular flexibility index (Phi) is 4.51. The van der Waals surface area contributed by atoms with Gasteiger partial charge >= 0.3 is 0 Å². The van der Waals surface area contributed by atoms with Gasteiger partial charge in [0.05, 0.1) is 6.10 Å². The van der Waals surface area contributed by atoms with Crippen molar-refractivity contribution in [3.05, 3.63) is 33.8 Å². The summed E-state index contributed by atoms with van der Waals surface area (Å²) in [6.45, 7) is 1.33. The number of hydrogen-bond donors (Lipinski definition) is 3. The molecule has 0 saturated heterocycles. The monoisotopic (exact) mass is 289 g/mol. The van der Waals surface area contributed by atoms with Crippen LogP contribution in [0.5, 0.6) is 0 Å². The van der Waals surface area contributed by atoms with Gasteiger partial charge in [-0.05, 0) is 31.0 Å². The van der Waals surface area contributed by atoms with Gasteiger partial charge in [0.25, 0.3) is 0 Å². The number of aliphatic hydroxyl groups is 2. The van der Waals surface area contributed by atoms with E-state index < -0.39 is 6.10 Å². The Balaban J connectivity index is 1.87. The molecule has 0 amide bonds. The van der Waals surface area contributed by atoms with E-state index in [0.717, 1.165) is 19.4 Å². The molecule has 1 fully saturated rings. The highest BCUT2D eigenvalue weighted by atomic mass is 35.5. The van der Waals surface area contributed by atoms with Crippen molar-refractivity contribution in [1.82, 2.24) is 5.32 Å². The Morgan fingerprint density at radius 3 is 2.67 bits per heavy atom. The van der Waals surface area contributed by atoms with Gasteiger partial charge in [0.2, 0.25) is 0 Å². The van der Waals surface area contributed by atoms with Crippen molar-refractivity contribution in [3.63, 3.8) is 0 Å². The molecule has 1 aromatic carbocycles. The second-order valence-electron chi connectivity index (χ2n) is 4.97. The number of hydrogen-bond acceptors (Lipinski definition) is 3. The fourth-order valence-electron chi connectivity index (χ4n) is 1.92. The highest BCUT2D eigenvalue weighted by Gasteiger charge is 2.41. The van der Waals surface area contributed by atoms with Crippen LogP contribution in [0.4, 0.5) is 0 Å². The predicted octanol–water partition coefficient (Wildman–Crippen LogP) is 2.39. The van der Waals surface area contributed by atoms with Crippen LogP contribution in [0.2, 0.25) is 10.0 Å². The van der Waals surface area contributed by atoms with Gasteiger partial charge in [-0.1, -0.05) is 23.2 Å². The molecule has 1 aliphatic rings. The molecule has 3 nitrogen and oxygen atoms in total. The van der Waals surface area contributed by atoms with E-state index in [2.05, 4.69) is 5.32 Å². The Bertz CT molecular complexity index is 421. The molecule has 3 N–H and O–H groups in total. The normalized spacial score (nSPS) is 18.7. The van der Waals surface area contributed by atoms with Crippen molar-refractivity contribution in [2.75, 3.05) is 19.7 Å². The van der Waals surface area contributed by atoms with Crippen LogP contribution in [0.3, 0.4) is 0 Å². The summed E-state index contributed by atoms with van der Waals surface area (Å²) in [6.07, 6.45) is 1.40. The van der Waals surface area contributed by atoms with E-state index in [4.69, 9.17) is 23.2 Å². The minimum absolute atomic E-state index is 0.0395. The average Bonchev–Trinajstić information content (AvgIpc) is 3.13. The SMILES string of the molecule is OCC1(CNCC(O)c2cc(Cl)ccc2Cl)CC1. The fourth-order valence-corrected chi connectivity index (χ4v) is 2.35. The summed E-state index contributed by atoms with van der Waals surface area (Å²) >= 11 is 11.9. The second kappa shape index (κ2) is 5.76. The zero-order valence-corrected chi connectivity index (χ0v) is 11.5. The highest BCUT2D eigenvalue weighted by molar-refractivity contribution is 6.33. The second-order valence-corrected chi connectivity index (χ2v) is 5.81. The lowest BCUT2D eigenvalue weighted by Crippen LogP contribution is -2.30. The van der Waals surface area contributed by atoms with E-state index in [1.165, 1.54) is 0 Å². The zero-order valence-electron chi connectivity index (χ0n) is 10.00. The van der Waals surface area contributed by atoms with Gasteiger partial charge < -0.3 is 15.5 Å². The molecule has 0 heterocycles. The molecule has 1 unspecified atom stereocenters. The Morgan fingerprint density at radius 1 is 1.33 bits per heavy atom. The maximum absolute atomic E-state index is 10.0. The van der Waals surface area contributed by atoms with E-state index in [1.54, 1.807) is 18.2 Å². The summed E-state index contributed by atoms with van der Waals surface area (Å²) < 4.78 is 0. The molecule has 1 aliphatic carbocycles. The Hall–Kier alpha value is -0.320. The molecule has 1 aromatic rings. The number of halogens is 2. The maximum Gasteiger partial charge on any atom is 0.0929 e. The molecule has 18 heavy (non-hydrogen) atoms. The van der Waals surface area contributed by atoms with Crippen molar-refractivity contribution < 1.29 is 10.2 Å². The molecular formula is C13H17Cl2NO2. The molecule has 0 aliphatic heterocycles. The summed E-state index contributed by atoms with van der Waals surface area (Å²) in [6, 6.07) is 5.05. The molecular weight excluding hydrogens is 273 g/mol. The molecule has 0 bridgehead atoms. The van der Waals surface area contributed by atoms with Crippen LogP contribution in [0, 0.1) is 5.41 Å². The summed E-state index contributed by atoms with van der Waals surface area (Å²) in [5, 5.41) is 23.5. The Morgan fingerprint density at radius 2 is 2.06 bits per heavy atom. The van der Waals surface area contributed by atoms with Crippen LogP contribution in [0.25, 0.3) is 0 Å². The van der Waals surface area contributed by atoms with E-state index in [-0.39, 0.29) is 12.0 Å². The van der Waals surface area contributed by atoms with Crippen molar-refractivity contribution in [1.29, 1.82) is 0 Å². The lowest BCUT2D eigenvalue weighted by atomic mass is 10.1. The van der Waals surface area contributed by atoms with Gasteiger partial charge in [0, 0.05) is 40.7 Å². The third kappa shape index (κ3) is 3.37. The number of rotatable bonds is 6. The number of aliphatic hydroxyl groups excluding tert-OH is 2. The van der Waals surface area contributed by atoms with Crippen LogP contribution in [0.15, 0.2) is 18.2 Å².